The predicted octanol–water partition coefficient (Wildman–Crippen LogP) is 0.0813. The number of anilines is 1. The van der Waals surface area contributed by atoms with Gasteiger partial charge in [0.15, 0.2) is 5.65 Å². The molecule has 1 aliphatic heterocycles. The maximum absolute atomic E-state index is 4.57. The molecule has 0 bridgehead atoms. The van der Waals surface area contributed by atoms with E-state index in [-0.39, 0.29) is 0 Å². The van der Waals surface area contributed by atoms with Gasteiger partial charge < -0.3 is 10.2 Å². The Balaban J connectivity index is 2.13. The molecule has 2 aromatic heterocycles. The van der Waals surface area contributed by atoms with E-state index in [0.717, 1.165) is 48.9 Å². The predicted molar refractivity (Wildman–Crippen MR) is 66.1 cm³/mol. The molecule has 6 heteroatoms. The Labute approximate surface area is 99.7 Å². The Morgan fingerprint density at radius 1 is 1.24 bits per heavy atom. The number of nitrogens with zero attached hydrogens (tertiary/aromatic N) is 5. The number of hydrogen-bond donors (Lipinski definition) is 1. The first-order chi connectivity index (χ1) is 8.25. The molecule has 0 aliphatic carbocycles. The van der Waals surface area contributed by atoms with Crippen LogP contribution in [0.1, 0.15) is 5.82 Å². The second-order valence-corrected chi connectivity index (χ2v) is 4.34. The second-order valence-electron chi connectivity index (χ2n) is 4.34. The average molecular weight is 232 g/mol. The number of nitrogens with one attached hydrogen (secondary N) is 1. The number of hydrogen-bond acceptors (Lipinski definition) is 5. The highest BCUT2D eigenvalue weighted by atomic mass is 15.3. The molecule has 2 aromatic rings. The maximum atomic E-state index is 4.57. The van der Waals surface area contributed by atoms with Gasteiger partial charge in [0, 0.05) is 33.2 Å². The maximum Gasteiger partial charge on any atom is 0.163 e. The summed E-state index contributed by atoms with van der Waals surface area (Å²) in [6.07, 6.45) is 1.85. The molecule has 0 amide bonds. The summed E-state index contributed by atoms with van der Waals surface area (Å²) in [6.45, 7) is 5.91. The summed E-state index contributed by atoms with van der Waals surface area (Å²) in [4.78, 5) is 11.3. The van der Waals surface area contributed by atoms with Crippen LogP contribution in [0, 0.1) is 6.92 Å². The summed E-state index contributed by atoms with van der Waals surface area (Å²) in [5.41, 5.74) is 0.908. The first-order valence-electron chi connectivity index (χ1n) is 5.88. The summed E-state index contributed by atoms with van der Waals surface area (Å²) in [5.74, 6) is 1.82. The van der Waals surface area contributed by atoms with Gasteiger partial charge in [0.1, 0.15) is 11.6 Å². The minimum atomic E-state index is 0.801. The van der Waals surface area contributed by atoms with Crippen LogP contribution in [0.15, 0.2) is 6.20 Å². The molecule has 0 spiro atoms. The summed E-state index contributed by atoms with van der Waals surface area (Å²) in [7, 11) is 1.91. The fraction of sp³-hybridized carbons (Fsp3) is 0.545. The van der Waals surface area contributed by atoms with Gasteiger partial charge in [-0.25, -0.2) is 9.97 Å². The molecule has 3 heterocycles. The average Bonchev–Trinajstić information content (AvgIpc) is 2.72. The Bertz CT molecular complexity index is 540. The molecule has 0 atom stereocenters. The molecule has 0 radical (unpaired) electrons. The molecule has 0 aromatic carbocycles. The van der Waals surface area contributed by atoms with Gasteiger partial charge >= 0.3 is 0 Å². The van der Waals surface area contributed by atoms with Crippen LogP contribution in [0.25, 0.3) is 11.0 Å². The van der Waals surface area contributed by atoms with E-state index in [1.54, 1.807) is 4.68 Å². The molecular formula is C11H16N6. The standard InChI is InChI=1S/C11H16N6/c1-8-14-10-9(7-13-16(10)2)11(15-8)17-5-3-12-4-6-17/h7,12H,3-6H2,1-2H3. The first kappa shape index (κ1) is 10.5. The van der Waals surface area contributed by atoms with Gasteiger partial charge in [-0.05, 0) is 6.92 Å². The van der Waals surface area contributed by atoms with Gasteiger partial charge in [-0.3, -0.25) is 4.68 Å². The Kier molecular flexibility index (Phi) is 2.44. The molecule has 1 saturated heterocycles. The van der Waals surface area contributed by atoms with E-state index in [1.807, 2.05) is 20.2 Å². The van der Waals surface area contributed by atoms with Gasteiger partial charge in [0.2, 0.25) is 0 Å². The van der Waals surface area contributed by atoms with E-state index in [9.17, 15) is 0 Å². The fourth-order valence-electron chi connectivity index (χ4n) is 2.23. The van der Waals surface area contributed by atoms with Crippen LogP contribution in [0.4, 0.5) is 5.82 Å². The third-order valence-electron chi connectivity index (χ3n) is 3.10. The van der Waals surface area contributed by atoms with Crippen molar-refractivity contribution in [2.24, 2.45) is 7.05 Å². The van der Waals surface area contributed by atoms with Crippen molar-refractivity contribution in [2.45, 2.75) is 6.92 Å². The monoisotopic (exact) mass is 232 g/mol. The largest absolute Gasteiger partial charge is 0.353 e. The first-order valence-corrected chi connectivity index (χ1v) is 5.88. The van der Waals surface area contributed by atoms with Crippen LogP contribution in [-0.4, -0.2) is 45.9 Å². The third-order valence-corrected chi connectivity index (χ3v) is 3.10. The number of rotatable bonds is 1. The lowest BCUT2D eigenvalue weighted by Crippen LogP contribution is -2.44. The zero-order valence-corrected chi connectivity index (χ0v) is 10.1. The lowest BCUT2D eigenvalue weighted by atomic mass is 10.3. The van der Waals surface area contributed by atoms with Crippen LogP contribution in [0.2, 0.25) is 0 Å². The van der Waals surface area contributed by atoms with Crippen LogP contribution < -0.4 is 10.2 Å². The third kappa shape index (κ3) is 1.74. The Morgan fingerprint density at radius 3 is 2.76 bits per heavy atom. The normalized spacial score (nSPS) is 16.7. The zero-order chi connectivity index (χ0) is 11.8. The molecule has 90 valence electrons. The SMILES string of the molecule is Cc1nc(N2CCNCC2)c2cnn(C)c2n1. The van der Waals surface area contributed by atoms with Crippen LogP contribution in [0.3, 0.4) is 0 Å². The van der Waals surface area contributed by atoms with Crippen molar-refractivity contribution < 1.29 is 0 Å². The van der Waals surface area contributed by atoms with Crippen molar-refractivity contribution in [3.05, 3.63) is 12.0 Å². The smallest absolute Gasteiger partial charge is 0.163 e. The second kappa shape index (κ2) is 3.96. The lowest BCUT2D eigenvalue weighted by Gasteiger charge is -2.28. The van der Waals surface area contributed by atoms with E-state index in [1.165, 1.54) is 0 Å². The van der Waals surface area contributed by atoms with Crippen molar-refractivity contribution in [3.63, 3.8) is 0 Å². The molecular weight excluding hydrogens is 216 g/mol. The van der Waals surface area contributed by atoms with Crippen LogP contribution in [0.5, 0.6) is 0 Å². The summed E-state index contributed by atoms with van der Waals surface area (Å²) in [5, 5.41) is 8.65. The molecule has 6 nitrogen and oxygen atoms in total. The van der Waals surface area contributed by atoms with Crippen molar-refractivity contribution in [3.8, 4) is 0 Å². The highest BCUT2D eigenvalue weighted by Gasteiger charge is 2.17. The van der Waals surface area contributed by atoms with Crippen LogP contribution >= 0.6 is 0 Å². The summed E-state index contributed by atoms with van der Waals surface area (Å²) < 4.78 is 1.80. The van der Waals surface area contributed by atoms with E-state index in [4.69, 9.17) is 0 Å². The minimum absolute atomic E-state index is 0.801. The summed E-state index contributed by atoms with van der Waals surface area (Å²) in [6, 6.07) is 0. The number of aryl methyl sites for hydroxylation is 2. The van der Waals surface area contributed by atoms with Crippen molar-refractivity contribution in [2.75, 3.05) is 31.1 Å². The van der Waals surface area contributed by atoms with Crippen molar-refractivity contribution >= 4 is 16.9 Å². The van der Waals surface area contributed by atoms with E-state index < -0.39 is 0 Å². The fourth-order valence-corrected chi connectivity index (χ4v) is 2.23. The molecule has 3 rings (SSSR count). The van der Waals surface area contributed by atoms with Crippen molar-refractivity contribution in [1.29, 1.82) is 0 Å². The zero-order valence-electron chi connectivity index (χ0n) is 10.1. The van der Waals surface area contributed by atoms with Gasteiger partial charge in [0.25, 0.3) is 0 Å². The molecule has 17 heavy (non-hydrogen) atoms. The van der Waals surface area contributed by atoms with E-state index in [0.29, 0.717) is 0 Å². The summed E-state index contributed by atoms with van der Waals surface area (Å²) >= 11 is 0. The van der Waals surface area contributed by atoms with Crippen LogP contribution in [-0.2, 0) is 7.05 Å². The van der Waals surface area contributed by atoms with E-state index >= 15 is 0 Å². The number of fused-ring (bicyclic) bond motifs is 1. The van der Waals surface area contributed by atoms with Gasteiger partial charge in [-0.15, -0.1) is 0 Å². The molecule has 0 saturated carbocycles. The minimum Gasteiger partial charge on any atom is -0.353 e. The Hall–Kier alpha value is -1.69. The lowest BCUT2D eigenvalue weighted by molar-refractivity contribution is 0.585. The van der Waals surface area contributed by atoms with Crippen molar-refractivity contribution in [1.82, 2.24) is 25.1 Å². The number of aromatic nitrogens is 4. The highest BCUT2D eigenvalue weighted by molar-refractivity contribution is 5.87. The van der Waals surface area contributed by atoms with Gasteiger partial charge in [-0.2, -0.15) is 5.10 Å². The van der Waals surface area contributed by atoms with Gasteiger partial charge in [-0.1, -0.05) is 0 Å². The molecule has 0 unspecified atom stereocenters. The van der Waals surface area contributed by atoms with E-state index in [2.05, 4.69) is 25.3 Å². The van der Waals surface area contributed by atoms with Gasteiger partial charge in [0.05, 0.1) is 11.6 Å². The molecule has 1 N–H and O–H groups in total. The molecule has 1 aliphatic rings. The molecule has 1 fully saturated rings. The quantitative estimate of drug-likeness (QED) is 0.754. The highest BCUT2D eigenvalue weighted by Crippen LogP contribution is 2.23. The topological polar surface area (TPSA) is 58.9 Å². The Morgan fingerprint density at radius 2 is 2.00 bits per heavy atom. The number of piperazine rings is 1.